The Bertz CT molecular complexity index is 832. The van der Waals surface area contributed by atoms with Crippen molar-refractivity contribution in [2.75, 3.05) is 0 Å². The molecule has 0 aliphatic heterocycles. The summed E-state index contributed by atoms with van der Waals surface area (Å²) < 4.78 is 0. The van der Waals surface area contributed by atoms with Crippen molar-refractivity contribution < 1.29 is 24.6 Å². The van der Waals surface area contributed by atoms with Gasteiger partial charge in [-0.05, 0) is 29.5 Å². The highest BCUT2D eigenvalue weighted by Crippen LogP contribution is 2.20. The minimum absolute atomic E-state index is 0.139. The average molecular weight is 397 g/mol. The lowest BCUT2D eigenvalue weighted by atomic mass is 9.94. The zero-order chi connectivity index (χ0) is 21.4. The van der Waals surface area contributed by atoms with Gasteiger partial charge in [0, 0.05) is 12.5 Å². The minimum atomic E-state index is -1.04. The zero-order valence-corrected chi connectivity index (χ0v) is 16.7. The van der Waals surface area contributed by atoms with Crippen LogP contribution < -0.4 is 5.32 Å². The lowest BCUT2D eigenvalue weighted by molar-refractivity contribution is -0.143. The van der Waals surface area contributed by atoms with Crippen LogP contribution in [0.1, 0.15) is 32.3 Å². The Morgan fingerprint density at radius 2 is 1.38 bits per heavy atom. The molecule has 2 rings (SSSR count). The molecular weight excluding hydrogens is 370 g/mol. The molecule has 6 heteroatoms. The van der Waals surface area contributed by atoms with Gasteiger partial charge in [0.05, 0.1) is 11.8 Å². The van der Waals surface area contributed by atoms with Crippen LogP contribution in [0.3, 0.4) is 0 Å². The molecule has 0 heterocycles. The third kappa shape index (κ3) is 7.07. The number of carbonyl (C=O) groups excluding carboxylic acids is 1. The molecule has 3 atom stereocenters. The number of hydrogen-bond donors (Lipinski definition) is 3. The molecule has 154 valence electrons. The fourth-order valence-electron chi connectivity index (χ4n) is 3.12. The number of amides is 1. The van der Waals surface area contributed by atoms with Crippen LogP contribution in [0.25, 0.3) is 11.1 Å². The van der Waals surface area contributed by atoms with Crippen LogP contribution in [-0.2, 0) is 20.8 Å². The van der Waals surface area contributed by atoms with E-state index in [9.17, 15) is 19.5 Å². The molecular formula is C23H27NO5. The van der Waals surface area contributed by atoms with Crippen molar-refractivity contribution in [3.05, 3.63) is 60.2 Å². The maximum atomic E-state index is 12.2. The van der Waals surface area contributed by atoms with Gasteiger partial charge in [0.1, 0.15) is 0 Å². The predicted octanol–water partition coefficient (Wildman–Crippen LogP) is 3.60. The van der Waals surface area contributed by atoms with Gasteiger partial charge >= 0.3 is 11.9 Å². The van der Waals surface area contributed by atoms with Gasteiger partial charge in [-0.1, -0.05) is 68.4 Å². The van der Waals surface area contributed by atoms with Gasteiger partial charge in [-0.3, -0.25) is 14.4 Å². The van der Waals surface area contributed by atoms with Crippen molar-refractivity contribution in [1.29, 1.82) is 0 Å². The lowest BCUT2D eigenvalue weighted by Gasteiger charge is -2.21. The number of aliphatic carboxylic acids is 2. The van der Waals surface area contributed by atoms with Crippen molar-refractivity contribution in [2.24, 2.45) is 11.8 Å². The number of carboxylic acids is 2. The molecule has 2 aromatic rings. The Hall–Kier alpha value is -3.15. The zero-order valence-electron chi connectivity index (χ0n) is 16.7. The van der Waals surface area contributed by atoms with Crippen molar-refractivity contribution >= 4 is 17.8 Å². The third-order valence-electron chi connectivity index (χ3n) is 4.88. The summed E-state index contributed by atoms with van der Waals surface area (Å²) in [4.78, 5) is 34.4. The second-order valence-electron chi connectivity index (χ2n) is 7.45. The molecule has 0 aromatic heterocycles. The van der Waals surface area contributed by atoms with Crippen molar-refractivity contribution in [3.63, 3.8) is 0 Å². The molecule has 0 saturated carbocycles. The Labute approximate surface area is 170 Å². The van der Waals surface area contributed by atoms with Gasteiger partial charge < -0.3 is 15.5 Å². The van der Waals surface area contributed by atoms with Crippen LogP contribution in [-0.4, -0.2) is 34.1 Å². The van der Waals surface area contributed by atoms with E-state index < -0.39 is 29.8 Å². The van der Waals surface area contributed by atoms with Crippen LogP contribution in [0.5, 0.6) is 0 Å². The molecule has 0 saturated heterocycles. The molecule has 0 aliphatic rings. The maximum Gasteiger partial charge on any atom is 0.306 e. The Morgan fingerprint density at radius 3 is 1.93 bits per heavy atom. The summed E-state index contributed by atoms with van der Waals surface area (Å²) in [5.74, 6) is -3.77. The summed E-state index contributed by atoms with van der Waals surface area (Å²) in [6.45, 7) is 3.07. The lowest BCUT2D eigenvalue weighted by Crippen LogP contribution is -2.39. The van der Waals surface area contributed by atoms with E-state index >= 15 is 0 Å². The summed E-state index contributed by atoms with van der Waals surface area (Å²) in [6.07, 6.45) is 0.600. The minimum Gasteiger partial charge on any atom is -0.481 e. The molecule has 6 nitrogen and oxygen atoms in total. The van der Waals surface area contributed by atoms with E-state index in [0.29, 0.717) is 6.42 Å². The van der Waals surface area contributed by atoms with E-state index in [1.165, 1.54) is 6.92 Å². The Morgan fingerprint density at radius 1 is 0.828 bits per heavy atom. The largest absolute Gasteiger partial charge is 0.481 e. The number of carbonyl (C=O) groups is 3. The topological polar surface area (TPSA) is 104 Å². The first kappa shape index (κ1) is 22.1. The molecule has 0 fully saturated rings. The van der Waals surface area contributed by atoms with Gasteiger partial charge in [0.2, 0.25) is 5.91 Å². The van der Waals surface area contributed by atoms with E-state index in [1.807, 2.05) is 54.6 Å². The summed E-state index contributed by atoms with van der Waals surface area (Å²) in [5.41, 5.74) is 3.15. The quantitative estimate of drug-likeness (QED) is 0.568. The normalized spacial score (nSPS) is 13.9. The van der Waals surface area contributed by atoms with E-state index in [-0.39, 0.29) is 18.7 Å². The molecule has 0 aliphatic carbocycles. The van der Waals surface area contributed by atoms with Crippen LogP contribution in [0, 0.1) is 11.8 Å². The fourth-order valence-corrected chi connectivity index (χ4v) is 3.12. The second-order valence-corrected chi connectivity index (χ2v) is 7.45. The third-order valence-corrected chi connectivity index (χ3v) is 4.88. The molecule has 1 amide bonds. The van der Waals surface area contributed by atoms with Crippen LogP contribution in [0.2, 0.25) is 0 Å². The summed E-state index contributed by atoms with van der Waals surface area (Å²) in [6, 6.07) is 17.5. The van der Waals surface area contributed by atoms with E-state index in [0.717, 1.165) is 16.7 Å². The highest BCUT2D eigenvalue weighted by molar-refractivity contribution is 5.82. The smallest absolute Gasteiger partial charge is 0.306 e. The van der Waals surface area contributed by atoms with Crippen molar-refractivity contribution in [2.45, 2.75) is 39.2 Å². The van der Waals surface area contributed by atoms with Gasteiger partial charge in [-0.2, -0.15) is 0 Å². The molecule has 0 bridgehead atoms. The first-order valence-electron chi connectivity index (χ1n) is 9.65. The monoisotopic (exact) mass is 397 g/mol. The second kappa shape index (κ2) is 10.4. The first-order valence-corrected chi connectivity index (χ1v) is 9.65. The van der Waals surface area contributed by atoms with Gasteiger partial charge in [0.25, 0.3) is 0 Å². The number of carboxylic acid groups (broad SMARTS) is 2. The highest BCUT2D eigenvalue weighted by atomic mass is 16.4. The van der Waals surface area contributed by atoms with Gasteiger partial charge in [-0.25, -0.2) is 0 Å². The van der Waals surface area contributed by atoms with Gasteiger partial charge in [0.15, 0.2) is 0 Å². The predicted molar refractivity (Wildman–Crippen MR) is 110 cm³/mol. The first-order chi connectivity index (χ1) is 13.8. The Kier molecular flexibility index (Phi) is 7.95. The number of hydrogen-bond acceptors (Lipinski definition) is 3. The van der Waals surface area contributed by atoms with Crippen LogP contribution in [0.4, 0.5) is 0 Å². The molecule has 29 heavy (non-hydrogen) atoms. The van der Waals surface area contributed by atoms with Gasteiger partial charge in [-0.15, -0.1) is 0 Å². The standard InChI is InChI=1S/C23H27NO5/c1-15(22(26)27)12-20(24-21(25)13-16(2)23(28)29)14-17-8-10-19(11-9-17)18-6-4-3-5-7-18/h3-11,15-16,20H,12-14H2,1-2H3,(H,24,25)(H,26,27)(H,28,29)/t15-,16?,20?/m1/s1. The fraction of sp³-hybridized carbons (Fsp3) is 0.348. The van der Waals surface area contributed by atoms with Crippen molar-refractivity contribution in [1.82, 2.24) is 5.32 Å². The van der Waals surface area contributed by atoms with E-state index in [1.54, 1.807) is 6.92 Å². The summed E-state index contributed by atoms with van der Waals surface area (Å²) >= 11 is 0. The maximum absolute atomic E-state index is 12.2. The van der Waals surface area contributed by atoms with Crippen LogP contribution in [0.15, 0.2) is 54.6 Å². The highest BCUT2D eigenvalue weighted by Gasteiger charge is 2.22. The Balaban J connectivity index is 2.08. The number of rotatable bonds is 10. The van der Waals surface area contributed by atoms with Crippen LogP contribution >= 0.6 is 0 Å². The average Bonchev–Trinajstić information content (AvgIpc) is 2.68. The molecule has 0 radical (unpaired) electrons. The molecule has 0 spiro atoms. The molecule has 2 unspecified atom stereocenters. The summed E-state index contributed by atoms with van der Waals surface area (Å²) in [7, 11) is 0. The molecule has 2 aromatic carbocycles. The summed E-state index contributed by atoms with van der Waals surface area (Å²) in [5, 5.41) is 21.0. The SMILES string of the molecule is CC(CC(=O)NC(Cc1ccc(-c2ccccc2)cc1)C[C@@H](C)C(=O)O)C(=O)O. The van der Waals surface area contributed by atoms with E-state index in [2.05, 4.69) is 5.32 Å². The number of benzene rings is 2. The van der Waals surface area contributed by atoms with Crippen molar-refractivity contribution in [3.8, 4) is 11.1 Å². The van der Waals surface area contributed by atoms with E-state index in [4.69, 9.17) is 5.11 Å². The molecule has 3 N–H and O–H groups in total. The number of nitrogens with one attached hydrogen (secondary N) is 1.